The second-order valence-electron chi connectivity index (χ2n) is 5.99. The molecule has 1 atom stereocenters. The number of unbranched alkanes of at least 4 members (excludes halogenated alkanes) is 1. The van der Waals surface area contributed by atoms with E-state index in [-0.39, 0.29) is 12.6 Å². The molecule has 2 rings (SSSR count). The number of aryl methyl sites for hydroxylation is 1. The molecule has 2 aromatic carbocycles. The summed E-state index contributed by atoms with van der Waals surface area (Å²) in [5.74, 6) is -0.218. The van der Waals surface area contributed by atoms with Crippen LogP contribution in [0.4, 0.5) is 0 Å². The second-order valence-corrected chi connectivity index (χ2v) is 5.99. The highest BCUT2D eigenvalue weighted by molar-refractivity contribution is 5.79. The van der Waals surface area contributed by atoms with Crippen molar-refractivity contribution in [2.24, 2.45) is 5.73 Å². The summed E-state index contributed by atoms with van der Waals surface area (Å²) in [6.45, 7) is 2.96. The van der Waals surface area contributed by atoms with Crippen LogP contribution in [-0.2, 0) is 14.3 Å². The molecule has 150 valence electrons. The number of carbonyl (C=O) groups is 2. The van der Waals surface area contributed by atoms with Crippen LogP contribution in [0.25, 0.3) is 0 Å². The first kappa shape index (κ1) is 22.9. The number of hydrogen-bond acceptors (Lipinski definition) is 5. The highest BCUT2D eigenvalue weighted by Gasteiger charge is 2.12. The van der Waals surface area contributed by atoms with Crippen LogP contribution in [0, 0.1) is 6.92 Å². The Kier molecular flexibility index (Phi) is 11.5. The van der Waals surface area contributed by atoms with E-state index in [0.29, 0.717) is 6.08 Å². The van der Waals surface area contributed by atoms with Gasteiger partial charge < -0.3 is 20.3 Å². The summed E-state index contributed by atoms with van der Waals surface area (Å²) >= 11 is 0. The van der Waals surface area contributed by atoms with E-state index in [1.54, 1.807) is 0 Å². The van der Waals surface area contributed by atoms with Crippen molar-refractivity contribution in [1.29, 1.82) is 0 Å². The molecule has 0 aliphatic rings. The molecular weight excluding hydrogens is 358 g/mol. The van der Waals surface area contributed by atoms with Gasteiger partial charge in [-0.3, -0.25) is 4.79 Å². The van der Waals surface area contributed by atoms with Crippen molar-refractivity contribution in [2.75, 3.05) is 6.54 Å². The third kappa shape index (κ3) is 10.1. The Morgan fingerprint density at radius 3 is 2.36 bits per heavy atom. The SMILES string of the molecule is Cc1ccc(OC(CCCCN)c2ccccc2)cc1.O=CO/C=C/C(=O)O. The molecule has 0 saturated heterocycles. The highest BCUT2D eigenvalue weighted by atomic mass is 16.5. The molecule has 0 amide bonds. The topological polar surface area (TPSA) is 98.9 Å². The Bertz CT molecular complexity index is 713. The minimum atomic E-state index is -1.15. The maximum atomic E-state index is 9.59. The van der Waals surface area contributed by atoms with Crippen LogP contribution in [0.1, 0.15) is 36.5 Å². The largest absolute Gasteiger partial charge is 0.486 e. The van der Waals surface area contributed by atoms with Crippen LogP contribution in [0.3, 0.4) is 0 Å². The number of rotatable bonds is 10. The molecule has 0 saturated carbocycles. The van der Waals surface area contributed by atoms with Gasteiger partial charge in [-0.2, -0.15) is 0 Å². The number of hydrogen-bond donors (Lipinski definition) is 2. The van der Waals surface area contributed by atoms with Gasteiger partial charge in [-0.1, -0.05) is 48.0 Å². The number of ether oxygens (including phenoxy) is 2. The molecule has 0 radical (unpaired) electrons. The zero-order chi connectivity index (χ0) is 20.6. The smallest absolute Gasteiger partial charge is 0.331 e. The monoisotopic (exact) mass is 385 g/mol. The summed E-state index contributed by atoms with van der Waals surface area (Å²) in [4.78, 5) is 18.9. The Balaban J connectivity index is 0.000000416. The van der Waals surface area contributed by atoms with Gasteiger partial charge >= 0.3 is 5.97 Å². The van der Waals surface area contributed by atoms with Crippen molar-refractivity contribution in [3.63, 3.8) is 0 Å². The molecule has 0 aromatic heterocycles. The Labute approximate surface area is 165 Å². The molecule has 0 spiro atoms. The number of nitrogens with two attached hydrogens (primary N) is 1. The maximum Gasteiger partial charge on any atom is 0.331 e. The minimum absolute atomic E-state index is 0.102. The van der Waals surface area contributed by atoms with Gasteiger partial charge in [0.25, 0.3) is 6.47 Å². The molecule has 0 heterocycles. The van der Waals surface area contributed by atoms with Crippen molar-refractivity contribution < 1.29 is 24.2 Å². The van der Waals surface area contributed by atoms with Crippen LogP contribution in [0.5, 0.6) is 5.75 Å². The minimum Gasteiger partial charge on any atom is -0.486 e. The molecule has 6 nitrogen and oxygen atoms in total. The van der Waals surface area contributed by atoms with Gasteiger partial charge in [-0.05, 0) is 50.4 Å². The molecule has 0 bridgehead atoms. The van der Waals surface area contributed by atoms with E-state index in [2.05, 4.69) is 48.1 Å². The van der Waals surface area contributed by atoms with E-state index < -0.39 is 5.97 Å². The molecule has 0 fully saturated rings. The molecule has 1 unspecified atom stereocenters. The summed E-state index contributed by atoms with van der Waals surface area (Å²) in [7, 11) is 0. The van der Waals surface area contributed by atoms with Gasteiger partial charge in [0.15, 0.2) is 0 Å². The molecular formula is C22H27NO5. The molecule has 0 aliphatic heterocycles. The van der Waals surface area contributed by atoms with Crippen molar-refractivity contribution in [1.82, 2.24) is 0 Å². The predicted octanol–water partition coefficient (Wildman–Crippen LogP) is 4.00. The lowest BCUT2D eigenvalue weighted by atomic mass is 10.0. The molecule has 6 heteroatoms. The van der Waals surface area contributed by atoms with Crippen molar-refractivity contribution in [3.8, 4) is 5.75 Å². The number of aliphatic carboxylic acids is 1. The van der Waals surface area contributed by atoms with Crippen LogP contribution in [0.2, 0.25) is 0 Å². The van der Waals surface area contributed by atoms with E-state index in [4.69, 9.17) is 15.6 Å². The second kappa shape index (κ2) is 14.0. The fourth-order valence-corrected chi connectivity index (χ4v) is 2.35. The number of carbonyl (C=O) groups excluding carboxylic acids is 1. The van der Waals surface area contributed by atoms with Crippen molar-refractivity contribution >= 4 is 12.4 Å². The summed E-state index contributed by atoms with van der Waals surface area (Å²) < 4.78 is 10.1. The fourth-order valence-electron chi connectivity index (χ4n) is 2.35. The third-order valence-corrected chi connectivity index (χ3v) is 3.74. The van der Waals surface area contributed by atoms with Gasteiger partial charge in [-0.15, -0.1) is 0 Å². The van der Waals surface area contributed by atoms with E-state index in [0.717, 1.165) is 37.8 Å². The van der Waals surface area contributed by atoms with E-state index in [1.165, 1.54) is 11.1 Å². The van der Waals surface area contributed by atoms with Gasteiger partial charge in [0.2, 0.25) is 0 Å². The van der Waals surface area contributed by atoms with Crippen LogP contribution >= 0.6 is 0 Å². The fraction of sp³-hybridized carbons (Fsp3) is 0.273. The number of benzene rings is 2. The lowest BCUT2D eigenvalue weighted by molar-refractivity contribution is -0.131. The number of carboxylic acid groups (broad SMARTS) is 1. The molecule has 0 aliphatic carbocycles. The van der Waals surface area contributed by atoms with Gasteiger partial charge in [-0.25, -0.2) is 4.79 Å². The third-order valence-electron chi connectivity index (χ3n) is 3.74. The normalized spacial score (nSPS) is 11.2. The first-order valence-electron chi connectivity index (χ1n) is 9.03. The summed E-state index contributed by atoms with van der Waals surface area (Å²) in [6, 6.07) is 18.6. The lowest BCUT2D eigenvalue weighted by Crippen LogP contribution is -2.09. The average molecular weight is 385 g/mol. The predicted molar refractivity (Wildman–Crippen MR) is 108 cm³/mol. The molecule has 2 aromatic rings. The first-order chi connectivity index (χ1) is 13.6. The van der Waals surface area contributed by atoms with Crippen LogP contribution in [-0.4, -0.2) is 24.1 Å². The average Bonchev–Trinajstić information content (AvgIpc) is 2.70. The Hall–Kier alpha value is -3.12. The lowest BCUT2D eigenvalue weighted by Gasteiger charge is -2.19. The van der Waals surface area contributed by atoms with Crippen LogP contribution < -0.4 is 10.5 Å². The Morgan fingerprint density at radius 2 is 1.79 bits per heavy atom. The van der Waals surface area contributed by atoms with Gasteiger partial charge in [0.05, 0.1) is 6.08 Å². The van der Waals surface area contributed by atoms with Gasteiger partial charge in [0, 0.05) is 0 Å². The molecule has 28 heavy (non-hydrogen) atoms. The highest BCUT2D eigenvalue weighted by Crippen LogP contribution is 2.26. The van der Waals surface area contributed by atoms with Crippen LogP contribution in [0.15, 0.2) is 66.9 Å². The standard InChI is InChI=1S/C18H23NO.C4H4O4/c1-15-10-12-17(13-11-15)20-18(9-5-6-14-19)16-7-3-2-4-8-16;5-3-8-2-1-4(6)7/h2-4,7-8,10-13,18H,5-6,9,14,19H2,1H3;1-3H,(H,6,7)/b;2-1+. The van der Waals surface area contributed by atoms with Crippen molar-refractivity contribution in [2.45, 2.75) is 32.3 Å². The van der Waals surface area contributed by atoms with E-state index >= 15 is 0 Å². The quantitative estimate of drug-likeness (QED) is 0.278. The first-order valence-corrected chi connectivity index (χ1v) is 9.03. The van der Waals surface area contributed by atoms with E-state index in [1.807, 2.05) is 18.2 Å². The Morgan fingerprint density at radius 1 is 1.11 bits per heavy atom. The zero-order valence-electron chi connectivity index (χ0n) is 16.0. The zero-order valence-corrected chi connectivity index (χ0v) is 16.0. The summed E-state index contributed by atoms with van der Waals surface area (Å²) in [5, 5.41) is 7.86. The van der Waals surface area contributed by atoms with Crippen molar-refractivity contribution in [3.05, 3.63) is 78.1 Å². The summed E-state index contributed by atoms with van der Waals surface area (Å²) in [5.41, 5.74) is 8.06. The molecule has 3 N–H and O–H groups in total. The number of carboxylic acids is 1. The van der Waals surface area contributed by atoms with Gasteiger partial charge in [0.1, 0.15) is 18.1 Å². The maximum absolute atomic E-state index is 9.59. The summed E-state index contributed by atoms with van der Waals surface area (Å²) in [6.07, 6.45) is 4.73. The van der Waals surface area contributed by atoms with E-state index in [9.17, 15) is 9.59 Å².